The third-order valence-electron chi connectivity index (χ3n) is 5.87. The Morgan fingerprint density at radius 1 is 1.06 bits per heavy atom. The number of hydrogen-bond donors (Lipinski definition) is 1. The zero-order chi connectivity index (χ0) is 22.3. The van der Waals surface area contributed by atoms with Crippen molar-refractivity contribution in [3.8, 4) is 11.3 Å². The van der Waals surface area contributed by atoms with Gasteiger partial charge in [-0.25, -0.2) is 8.42 Å². The van der Waals surface area contributed by atoms with Gasteiger partial charge in [-0.3, -0.25) is 9.59 Å². The average Bonchev–Trinajstić information content (AvgIpc) is 3.47. The lowest BCUT2D eigenvalue weighted by Crippen LogP contribution is -2.32. The first-order chi connectivity index (χ1) is 15.4. The van der Waals surface area contributed by atoms with E-state index in [2.05, 4.69) is 10.5 Å². The molecule has 2 amide bonds. The van der Waals surface area contributed by atoms with E-state index in [-0.39, 0.29) is 28.9 Å². The van der Waals surface area contributed by atoms with Crippen molar-refractivity contribution in [1.82, 2.24) is 5.16 Å². The first-order valence-corrected chi connectivity index (χ1v) is 12.1. The fourth-order valence-electron chi connectivity index (χ4n) is 4.26. The van der Waals surface area contributed by atoms with Gasteiger partial charge in [0.25, 0.3) is 0 Å². The molecule has 3 aromatic rings. The lowest BCUT2D eigenvalue weighted by atomic mass is 10.00. The molecule has 164 valence electrons. The Morgan fingerprint density at radius 2 is 1.81 bits per heavy atom. The number of aromatic nitrogens is 1. The molecule has 0 bridgehead atoms. The highest BCUT2D eigenvalue weighted by Crippen LogP contribution is 2.38. The molecule has 8 nitrogen and oxygen atoms in total. The molecule has 0 aliphatic carbocycles. The van der Waals surface area contributed by atoms with Crippen LogP contribution in [0.4, 0.5) is 11.4 Å². The van der Waals surface area contributed by atoms with Crippen LogP contribution < -0.4 is 10.2 Å². The van der Waals surface area contributed by atoms with Crippen molar-refractivity contribution in [1.29, 1.82) is 0 Å². The number of carbonyl (C=O) groups is 2. The number of carbonyl (C=O) groups excluding carboxylic acids is 2. The van der Waals surface area contributed by atoms with Crippen LogP contribution in [-0.4, -0.2) is 37.7 Å². The standard InChI is InChI=1S/C23H21N3O5S/c27-21(25-18-4-1-15(2-5-18)20-7-10-24-31-20)9-12-32(29,30)19-13-16-3-6-22(28)26-11-8-17(14-19)23(16)26/h1-2,4-5,7,10,13-14H,3,6,8-9,11-12H2,(H,25,27). The van der Waals surface area contributed by atoms with Gasteiger partial charge in [-0.1, -0.05) is 5.16 Å². The third kappa shape index (κ3) is 3.80. The predicted molar refractivity (Wildman–Crippen MR) is 118 cm³/mol. The molecule has 1 aromatic heterocycles. The van der Waals surface area contributed by atoms with Crippen LogP contribution in [0.15, 0.2) is 58.1 Å². The molecule has 0 saturated heterocycles. The number of benzene rings is 2. The Balaban J connectivity index is 1.25. The number of rotatable bonds is 6. The van der Waals surface area contributed by atoms with Crippen molar-refractivity contribution in [2.75, 3.05) is 22.5 Å². The molecule has 0 unspecified atom stereocenters. The summed E-state index contributed by atoms with van der Waals surface area (Å²) < 4.78 is 30.9. The summed E-state index contributed by atoms with van der Waals surface area (Å²) in [6.07, 6.45) is 3.00. The molecule has 0 radical (unpaired) electrons. The lowest BCUT2D eigenvalue weighted by Gasteiger charge is -2.25. The Labute approximate surface area is 185 Å². The molecule has 5 rings (SSSR count). The van der Waals surface area contributed by atoms with Gasteiger partial charge in [0.1, 0.15) is 0 Å². The van der Waals surface area contributed by atoms with E-state index in [0.717, 1.165) is 22.4 Å². The number of hydrogen-bond acceptors (Lipinski definition) is 6. The number of anilines is 2. The highest BCUT2D eigenvalue weighted by Gasteiger charge is 2.33. The summed E-state index contributed by atoms with van der Waals surface area (Å²) in [5, 5.41) is 6.39. The molecular weight excluding hydrogens is 430 g/mol. The van der Waals surface area contributed by atoms with E-state index < -0.39 is 9.84 Å². The second-order valence-electron chi connectivity index (χ2n) is 7.96. The molecule has 9 heteroatoms. The normalized spacial score (nSPS) is 15.0. The average molecular weight is 452 g/mol. The number of amides is 2. The third-order valence-corrected chi connectivity index (χ3v) is 7.57. The molecule has 32 heavy (non-hydrogen) atoms. The van der Waals surface area contributed by atoms with Crippen LogP contribution in [0.2, 0.25) is 0 Å². The Kier molecular flexibility index (Phi) is 5.05. The molecule has 0 atom stereocenters. The number of sulfone groups is 1. The molecule has 0 saturated carbocycles. The van der Waals surface area contributed by atoms with Gasteiger partial charge < -0.3 is 14.7 Å². The van der Waals surface area contributed by atoms with Gasteiger partial charge in [-0.2, -0.15) is 0 Å². The fourth-order valence-corrected chi connectivity index (χ4v) is 5.59. The van der Waals surface area contributed by atoms with Crippen molar-refractivity contribution in [2.45, 2.75) is 30.6 Å². The highest BCUT2D eigenvalue weighted by atomic mass is 32.2. The molecule has 2 aliphatic heterocycles. The van der Waals surface area contributed by atoms with Crippen molar-refractivity contribution < 1.29 is 22.5 Å². The Hall–Kier alpha value is -3.46. The van der Waals surface area contributed by atoms with Gasteiger partial charge in [0, 0.05) is 36.7 Å². The van der Waals surface area contributed by atoms with E-state index in [9.17, 15) is 18.0 Å². The number of nitrogens with one attached hydrogen (secondary N) is 1. The van der Waals surface area contributed by atoms with E-state index in [4.69, 9.17) is 4.52 Å². The van der Waals surface area contributed by atoms with E-state index >= 15 is 0 Å². The first-order valence-electron chi connectivity index (χ1n) is 10.4. The summed E-state index contributed by atoms with van der Waals surface area (Å²) in [5.74, 6) is 0.0584. The largest absolute Gasteiger partial charge is 0.356 e. The highest BCUT2D eigenvalue weighted by molar-refractivity contribution is 7.91. The van der Waals surface area contributed by atoms with E-state index in [1.807, 2.05) is 0 Å². The van der Waals surface area contributed by atoms with E-state index in [1.165, 1.54) is 0 Å². The minimum absolute atomic E-state index is 0.0948. The Morgan fingerprint density at radius 3 is 2.53 bits per heavy atom. The van der Waals surface area contributed by atoms with Crippen LogP contribution in [0.5, 0.6) is 0 Å². The fraction of sp³-hybridized carbons (Fsp3) is 0.261. The van der Waals surface area contributed by atoms with Crippen LogP contribution in [-0.2, 0) is 32.3 Å². The SMILES string of the molecule is O=C(CCS(=O)(=O)c1cc2c3c(c1)CCN3C(=O)CC2)Nc1ccc(-c2ccno2)cc1. The maximum Gasteiger partial charge on any atom is 0.227 e. The first kappa shape index (κ1) is 20.4. The summed E-state index contributed by atoms with van der Waals surface area (Å²) in [7, 11) is -3.63. The maximum absolute atomic E-state index is 12.9. The minimum Gasteiger partial charge on any atom is -0.356 e. The van der Waals surface area contributed by atoms with Crippen LogP contribution >= 0.6 is 0 Å². The van der Waals surface area contributed by atoms with Gasteiger partial charge in [-0.05, 0) is 60.4 Å². The molecule has 1 N–H and O–H groups in total. The molecule has 0 spiro atoms. The van der Waals surface area contributed by atoms with Crippen molar-refractivity contribution in [3.63, 3.8) is 0 Å². The smallest absolute Gasteiger partial charge is 0.227 e. The molecule has 0 fully saturated rings. The van der Waals surface area contributed by atoms with E-state index in [0.29, 0.717) is 37.3 Å². The molecule has 3 heterocycles. The van der Waals surface area contributed by atoms with Crippen molar-refractivity contribution in [2.24, 2.45) is 0 Å². The predicted octanol–water partition coefficient (Wildman–Crippen LogP) is 2.98. The quantitative estimate of drug-likeness (QED) is 0.617. The molecule has 2 aliphatic rings. The molecule has 2 aromatic carbocycles. The zero-order valence-electron chi connectivity index (χ0n) is 17.2. The summed E-state index contributed by atoms with van der Waals surface area (Å²) in [6.45, 7) is 0.600. The number of nitrogens with zero attached hydrogens (tertiary/aromatic N) is 2. The van der Waals surface area contributed by atoms with E-state index in [1.54, 1.807) is 53.6 Å². The van der Waals surface area contributed by atoms with Crippen molar-refractivity contribution in [3.05, 3.63) is 59.8 Å². The zero-order valence-corrected chi connectivity index (χ0v) is 18.0. The van der Waals surface area contributed by atoms with Crippen LogP contribution in [0.3, 0.4) is 0 Å². The second kappa shape index (κ2) is 7.90. The topological polar surface area (TPSA) is 110 Å². The van der Waals surface area contributed by atoms with Crippen LogP contribution in [0.25, 0.3) is 11.3 Å². The van der Waals surface area contributed by atoms with Crippen molar-refractivity contribution >= 4 is 33.0 Å². The number of aryl methyl sites for hydroxylation is 1. The summed E-state index contributed by atoms with van der Waals surface area (Å²) >= 11 is 0. The minimum atomic E-state index is -3.63. The summed E-state index contributed by atoms with van der Waals surface area (Å²) in [4.78, 5) is 26.4. The molecular formula is C23H21N3O5S. The van der Waals surface area contributed by atoms with Gasteiger partial charge >= 0.3 is 0 Å². The van der Waals surface area contributed by atoms with Crippen LogP contribution in [0.1, 0.15) is 24.0 Å². The summed E-state index contributed by atoms with van der Waals surface area (Å²) in [6, 6.07) is 12.1. The maximum atomic E-state index is 12.9. The van der Waals surface area contributed by atoms with Gasteiger partial charge in [0.15, 0.2) is 15.6 Å². The monoisotopic (exact) mass is 451 g/mol. The Bertz CT molecular complexity index is 1300. The van der Waals surface area contributed by atoms with Gasteiger partial charge in [0.2, 0.25) is 11.8 Å². The van der Waals surface area contributed by atoms with Crippen LogP contribution in [0, 0.1) is 0 Å². The van der Waals surface area contributed by atoms with Gasteiger partial charge in [-0.15, -0.1) is 0 Å². The van der Waals surface area contributed by atoms with Gasteiger partial charge in [0.05, 0.1) is 22.5 Å². The second-order valence-corrected chi connectivity index (χ2v) is 10.1. The summed E-state index contributed by atoms with van der Waals surface area (Å²) in [5.41, 5.74) is 4.07. The lowest BCUT2D eigenvalue weighted by molar-refractivity contribution is -0.119.